The number of carbonyl (C=O) groups excluding carboxylic acids is 4. The molecule has 1 heterocycles. The molecule has 3 aliphatic rings. The van der Waals surface area contributed by atoms with Gasteiger partial charge >= 0.3 is 5.97 Å². The number of benzene rings is 3. The van der Waals surface area contributed by atoms with Crippen LogP contribution in [-0.2, 0) is 14.3 Å². The molecule has 4 N–H and O–H groups in total. The van der Waals surface area contributed by atoms with E-state index in [-0.39, 0.29) is 57.1 Å². The summed E-state index contributed by atoms with van der Waals surface area (Å²) in [5.41, 5.74) is -3.44. The molecule has 42 heavy (non-hydrogen) atoms. The molecule has 3 aromatic rings. The van der Waals surface area contributed by atoms with Crippen molar-refractivity contribution in [3.05, 3.63) is 81.4 Å². The number of aliphatic hydroxyl groups is 2. The van der Waals surface area contributed by atoms with Crippen molar-refractivity contribution in [2.24, 2.45) is 5.92 Å². The first-order valence-corrected chi connectivity index (χ1v) is 13.0. The molecule has 0 aromatic heterocycles. The van der Waals surface area contributed by atoms with Gasteiger partial charge in [0.2, 0.25) is 5.78 Å². The number of aryl methyl sites for hydroxylation is 1. The van der Waals surface area contributed by atoms with Gasteiger partial charge < -0.3 is 34.6 Å². The molecule has 3 atom stereocenters. The summed E-state index contributed by atoms with van der Waals surface area (Å²) in [4.78, 5) is 52.7. The van der Waals surface area contributed by atoms with Crippen LogP contribution in [0.1, 0.15) is 56.3 Å². The van der Waals surface area contributed by atoms with Crippen LogP contribution in [0.5, 0.6) is 28.7 Å². The molecule has 0 saturated heterocycles. The van der Waals surface area contributed by atoms with Crippen LogP contribution in [0.2, 0.25) is 0 Å². The van der Waals surface area contributed by atoms with Crippen molar-refractivity contribution in [1.29, 1.82) is 0 Å². The standard InChI is InChI=1S/C31H24O11/c1-12-10-15-21(25(35)20-14(24(15)34)6-4-7-16(20)32)27(37)28(12)41-18-8-5-9-19-22(18)26(36)23-17(33)11-13(2)29(38)31(23,42-19)30(39)40-3/h4-10,13,29,32,36-38H,11H2,1-3H3. The topological polar surface area (TPSA) is 177 Å². The second-order valence-corrected chi connectivity index (χ2v) is 10.5. The summed E-state index contributed by atoms with van der Waals surface area (Å²) in [6.45, 7) is 3.09. The minimum atomic E-state index is -2.33. The fourth-order valence-corrected chi connectivity index (χ4v) is 5.98. The molecule has 1 aliphatic heterocycles. The normalized spacial score (nSPS) is 22.4. The lowest BCUT2D eigenvalue weighted by Crippen LogP contribution is -2.64. The summed E-state index contributed by atoms with van der Waals surface area (Å²) in [5.74, 6) is -6.08. The first kappa shape index (κ1) is 27.0. The van der Waals surface area contributed by atoms with Crippen molar-refractivity contribution in [3.8, 4) is 28.7 Å². The number of methoxy groups -OCH3 is 1. The zero-order chi connectivity index (χ0) is 30.2. The van der Waals surface area contributed by atoms with Gasteiger partial charge in [0.05, 0.1) is 23.8 Å². The van der Waals surface area contributed by atoms with E-state index in [0.717, 1.165) is 7.11 Å². The molecular formula is C31H24O11. The highest BCUT2D eigenvalue weighted by atomic mass is 16.6. The van der Waals surface area contributed by atoms with Crippen molar-refractivity contribution in [2.45, 2.75) is 32.0 Å². The molecule has 0 bridgehead atoms. The number of ketones is 3. The summed E-state index contributed by atoms with van der Waals surface area (Å²) < 4.78 is 16.9. The third-order valence-electron chi connectivity index (χ3n) is 7.97. The third kappa shape index (κ3) is 3.43. The Balaban J connectivity index is 1.51. The Morgan fingerprint density at radius 3 is 2.40 bits per heavy atom. The van der Waals surface area contributed by atoms with Crippen LogP contribution in [0.15, 0.2) is 48.0 Å². The number of hydrogen-bond donors (Lipinski definition) is 4. The maximum absolute atomic E-state index is 13.4. The highest BCUT2D eigenvalue weighted by Gasteiger charge is 2.63. The van der Waals surface area contributed by atoms with Gasteiger partial charge in [0.25, 0.3) is 5.60 Å². The summed E-state index contributed by atoms with van der Waals surface area (Å²) in [6, 6.07) is 9.68. The lowest BCUT2D eigenvalue weighted by Gasteiger charge is -2.45. The predicted octanol–water partition coefficient (Wildman–Crippen LogP) is 3.52. The number of hydrogen-bond acceptors (Lipinski definition) is 11. The molecule has 3 aromatic carbocycles. The van der Waals surface area contributed by atoms with Crippen LogP contribution in [0.3, 0.4) is 0 Å². The first-order valence-electron chi connectivity index (χ1n) is 13.0. The molecule has 214 valence electrons. The molecule has 11 heteroatoms. The van der Waals surface area contributed by atoms with E-state index < -0.39 is 63.8 Å². The highest BCUT2D eigenvalue weighted by molar-refractivity contribution is 6.30. The van der Waals surface area contributed by atoms with E-state index in [2.05, 4.69) is 0 Å². The number of fused-ring (bicyclic) bond motifs is 4. The van der Waals surface area contributed by atoms with Gasteiger partial charge in [-0.2, -0.15) is 0 Å². The van der Waals surface area contributed by atoms with E-state index in [0.29, 0.717) is 0 Å². The second kappa shape index (κ2) is 9.18. The lowest BCUT2D eigenvalue weighted by molar-refractivity contribution is -0.173. The molecule has 1 fully saturated rings. The van der Waals surface area contributed by atoms with E-state index in [1.54, 1.807) is 6.92 Å². The summed E-state index contributed by atoms with van der Waals surface area (Å²) in [6.07, 6.45) is -1.72. The van der Waals surface area contributed by atoms with Gasteiger partial charge in [-0.15, -0.1) is 0 Å². The van der Waals surface area contributed by atoms with E-state index in [1.165, 1.54) is 49.4 Å². The van der Waals surface area contributed by atoms with Gasteiger partial charge in [0, 0.05) is 17.5 Å². The monoisotopic (exact) mass is 572 g/mol. The van der Waals surface area contributed by atoms with Crippen molar-refractivity contribution >= 4 is 29.1 Å². The number of aliphatic hydroxyl groups excluding tert-OH is 2. The minimum absolute atomic E-state index is 0.00598. The first-order chi connectivity index (χ1) is 19.9. The smallest absolute Gasteiger partial charge is 0.358 e. The number of Topliss-reactive ketones (excluding diaryl/α,β-unsaturated/α-hetero) is 1. The Labute approximate surface area is 238 Å². The Morgan fingerprint density at radius 1 is 0.976 bits per heavy atom. The molecular weight excluding hydrogens is 548 g/mol. The fourth-order valence-electron chi connectivity index (χ4n) is 5.98. The summed E-state index contributed by atoms with van der Waals surface area (Å²) in [7, 11) is 1.06. The van der Waals surface area contributed by atoms with E-state index >= 15 is 0 Å². The highest BCUT2D eigenvalue weighted by Crippen LogP contribution is 2.52. The Hall–Kier alpha value is -5.16. The maximum Gasteiger partial charge on any atom is 0.358 e. The molecule has 0 radical (unpaired) electrons. The van der Waals surface area contributed by atoms with Gasteiger partial charge in [-0.1, -0.05) is 25.1 Å². The number of aromatic hydroxyl groups is 2. The van der Waals surface area contributed by atoms with Crippen molar-refractivity contribution < 1.29 is 53.8 Å². The Kier molecular flexibility index (Phi) is 5.91. The van der Waals surface area contributed by atoms with Crippen LogP contribution in [0.25, 0.3) is 5.76 Å². The van der Waals surface area contributed by atoms with Gasteiger partial charge in [0.1, 0.15) is 34.7 Å². The van der Waals surface area contributed by atoms with Gasteiger partial charge in [-0.05, 0) is 42.7 Å². The van der Waals surface area contributed by atoms with Crippen molar-refractivity contribution in [1.82, 2.24) is 0 Å². The van der Waals surface area contributed by atoms with Crippen LogP contribution < -0.4 is 9.47 Å². The Bertz CT molecular complexity index is 1800. The van der Waals surface area contributed by atoms with E-state index in [9.17, 15) is 39.6 Å². The van der Waals surface area contributed by atoms with Gasteiger partial charge in [-0.3, -0.25) is 14.4 Å². The van der Waals surface area contributed by atoms with Crippen LogP contribution in [0.4, 0.5) is 0 Å². The fraction of sp³-hybridized carbons (Fsp3) is 0.226. The summed E-state index contributed by atoms with van der Waals surface area (Å²) >= 11 is 0. The quantitative estimate of drug-likeness (QED) is 0.264. The SMILES string of the molecule is COC(=O)C12Oc3cccc(Oc4c(C)cc5c(c4O)C(=O)c4c(O)cccc4C5=O)c3C(O)=C1C(=O)CC(C)C2O. The average molecular weight is 573 g/mol. The molecule has 2 aliphatic carbocycles. The van der Waals surface area contributed by atoms with Gasteiger partial charge in [0.15, 0.2) is 23.1 Å². The second-order valence-electron chi connectivity index (χ2n) is 10.5. The molecule has 0 amide bonds. The number of rotatable bonds is 3. The lowest BCUT2D eigenvalue weighted by atomic mass is 9.69. The number of esters is 1. The van der Waals surface area contributed by atoms with E-state index in [1.807, 2.05) is 0 Å². The predicted molar refractivity (Wildman–Crippen MR) is 144 cm³/mol. The minimum Gasteiger partial charge on any atom is -0.507 e. The third-order valence-corrected chi connectivity index (χ3v) is 7.97. The van der Waals surface area contributed by atoms with Crippen LogP contribution in [-0.4, -0.2) is 62.6 Å². The zero-order valence-corrected chi connectivity index (χ0v) is 22.5. The zero-order valence-electron chi connectivity index (χ0n) is 22.5. The van der Waals surface area contributed by atoms with Crippen molar-refractivity contribution in [3.63, 3.8) is 0 Å². The number of ether oxygens (including phenoxy) is 3. The number of carbonyl (C=O) groups is 4. The van der Waals surface area contributed by atoms with Crippen LogP contribution in [0, 0.1) is 12.8 Å². The largest absolute Gasteiger partial charge is 0.507 e. The molecule has 6 rings (SSSR count). The van der Waals surface area contributed by atoms with E-state index in [4.69, 9.17) is 14.2 Å². The number of phenols is 2. The summed E-state index contributed by atoms with van der Waals surface area (Å²) in [5, 5.41) is 44.0. The maximum atomic E-state index is 13.4. The molecule has 1 saturated carbocycles. The van der Waals surface area contributed by atoms with Gasteiger partial charge in [-0.25, -0.2) is 4.79 Å². The van der Waals surface area contributed by atoms with Crippen LogP contribution >= 0.6 is 0 Å². The average Bonchev–Trinajstić information content (AvgIpc) is 2.95. The molecule has 3 unspecified atom stereocenters. The van der Waals surface area contributed by atoms with Crippen molar-refractivity contribution in [2.75, 3.05) is 7.11 Å². The molecule has 11 nitrogen and oxygen atoms in total. The molecule has 0 spiro atoms. The Morgan fingerprint density at radius 2 is 1.69 bits per heavy atom. The number of phenolic OH excluding ortho intramolecular Hbond substituents is 2.